The van der Waals surface area contributed by atoms with Crippen LogP contribution in [0.2, 0.25) is 14.8 Å². The molecule has 0 fully saturated rings. The number of aromatic nitrogens is 2. The Labute approximate surface area is 70.9 Å². The normalized spacial score (nSPS) is 11.5. The molecular weight excluding hydrogens is 245 g/mol. The SMILES string of the molecule is [CH3][Sn]([CH3])([CH3])[c]1ccnc(N)n1. The van der Waals surface area contributed by atoms with Crippen LogP contribution in [0.25, 0.3) is 0 Å². The summed E-state index contributed by atoms with van der Waals surface area (Å²) in [6.45, 7) is 0. The maximum absolute atomic E-state index is 5.47. The van der Waals surface area contributed by atoms with E-state index in [1.807, 2.05) is 6.07 Å². The van der Waals surface area contributed by atoms with E-state index in [1.54, 1.807) is 6.20 Å². The first kappa shape index (κ1) is 8.77. The second kappa shape index (κ2) is 2.97. The Hall–Kier alpha value is -0.321. The van der Waals surface area contributed by atoms with Gasteiger partial charge in [-0.1, -0.05) is 0 Å². The first-order valence-corrected chi connectivity index (χ1v) is 13.6. The van der Waals surface area contributed by atoms with E-state index in [2.05, 4.69) is 24.8 Å². The van der Waals surface area contributed by atoms with Crippen molar-refractivity contribution in [2.75, 3.05) is 5.73 Å². The molecule has 1 rings (SSSR count). The Balaban J connectivity index is 3.06. The van der Waals surface area contributed by atoms with Crippen molar-refractivity contribution in [2.45, 2.75) is 14.8 Å². The number of nitrogens with zero attached hydrogens (tertiary/aromatic N) is 2. The summed E-state index contributed by atoms with van der Waals surface area (Å²) in [5.74, 6) is 0.397. The fraction of sp³-hybridized carbons (Fsp3) is 0.429. The van der Waals surface area contributed by atoms with Crippen LogP contribution in [0.5, 0.6) is 0 Å². The van der Waals surface area contributed by atoms with Gasteiger partial charge in [-0.3, -0.25) is 0 Å². The van der Waals surface area contributed by atoms with E-state index in [0.717, 1.165) is 0 Å². The fourth-order valence-electron chi connectivity index (χ4n) is 0.791. The molecule has 0 saturated heterocycles. The van der Waals surface area contributed by atoms with Crippen LogP contribution in [0.15, 0.2) is 12.3 Å². The predicted molar refractivity (Wildman–Crippen MR) is 49.4 cm³/mol. The van der Waals surface area contributed by atoms with Crippen molar-refractivity contribution in [3.63, 3.8) is 0 Å². The van der Waals surface area contributed by atoms with Gasteiger partial charge in [-0.05, 0) is 0 Å². The van der Waals surface area contributed by atoms with Crippen LogP contribution in [0.4, 0.5) is 5.95 Å². The molecule has 2 N–H and O–H groups in total. The Kier molecular flexibility index (Phi) is 2.36. The molecule has 1 heterocycles. The molecule has 60 valence electrons. The zero-order valence-electron chi connectivity index (χ0n) is 7.13. The summed E-state index contributed by atoms with van der Waals surface area (Å²) in [5, 5.41) is 0. The van der Waals surface area contributed by atoms with E-state index in [1.165, 1.54) is 3.71 Å². The molecule has 0 bridgehead atoms. The van der Waals surface area contributed by atoms with Crippen molar-refractivity contribution in [3.8, 4) is 0 Å². The molecule has 0 spiro atoms. The summed E-state index contributed by atoms with van der Waals surface area (Å²) in [7, 11) is 0. The molecule has 3 nitrogen and oxygen atoms in total. The quantitative estimate of drug-likeness (QED) is 0.750. The van der Waals surface area contributed by atoms with Gasteiger partial charge in [-0.25, -0.2) is 0 Å². The molecule has 4 heteroatoms. The summed E-state index contributed by atoms with van der Waals surface area (Å²) < 4.78 is 1.19. The van der Waals surface area contributed by atoms with E-state index in [-0.39, 0.29) is 0 Å². The second-order valence-electron chi connectivity index (χ2n) is 3.55. The molecule has 1 aromatic heterocycles. The maximum atomic E-state index is 5.47. The van der Waals surface area contributed by atoms with Crippen molar-refractivity contribution >= 4 is 28.0 Å². The van der Waals surface area contributed by atoms with E-state index in [4.69, 9.17) is 5.73 Å². The van der Waals surface area contributed by atoms with E-state index < -0.39 is 18.4 Å². The predicted octanol–water partition coefficient (Wildman–Crippen LogP) is 0.604. The van der Waals surface area contributed by atoms with Gasteiger partial charge in [0, 0.05) is 0 Å². The van der Waals surface area contributed by atoms with Gasteiger partial charge < -0.3 is 0 Å². The number of hydrogen-bond donors (Lipinski definition) is 1. The zero-order chi connectivity index (χ0) is 8.48. The van der Waals surface area contributed by atoms with Gasteiger partial charge in [0.15, 0.2) is 0 Å². The van der Waals surface area contributed by atoms with E-state index in [0.29, 0.717) is 5.95 Å². The van der Waals surface area contributed by atoms with Crippen LogP contribution in [-0.2, 0) is 0 Å². The summed E-state index contributed by atoms with van der Waals surface area (Å²) in [4.78, 5) is 15.0. The first-order chi connectivity index (χ1) is 5.00. The Morgan fingerprint density at radius 2 is 2.00 bits per heavy atom. The minimum atomic E-state index is -1.99. The average molecular weight is 258 g/mol. The molecule has 0 unspecified atom stereocenters. The van der Waals surface area contributed by atoms with Gasteiger partial charge in [-0.15, -0.1) is 0 Å². The third kappa shape index (κ3) is 2.32. The fourth-order valence-corrected chi connectivity index (χ4v) is 3.72. The number of nitrogens with two attached hydrogens (primary N) is 1. The Morgan fingerprint density at radius 1 is 1.36 bits per heavy atom. The summed E-state index contributed by atoms with van der Waals surface area (Å²) in [6.07, 6.45) is 1.74. The molecule has 0 amide bonds. The molecule has 0 aliphatic carbocycles. The summed E-state index contributed by atoms with van der Waals surface area (Å²) >= 11 is -1.99. The van der Waals surface area contributed by atoms with Gasteiger partial charge in [0.2, 0.25) is 0 Å². The first-order valence-electron chi connectivity index (χ1n) is 3.59. The summed E-state index contributed by atoms with van der Waals surface area (Å²) in [5.41, 5.74) is 5.47. The van der Waals surface area contributed by atoms with Gasteiger partial charge in [0.25, 0.3) is 0 Å². The Bertz CT molecular complexity index is 254. The second-order valence-corrected chi connectivity index (χ2v) is 17.9. The van der Waals surface area contributed by atoms with E-state index >= 15 is 0 Å². The van der Waals surface area contributed by atoms with Crippen LogP contribution in [0.1, 0.15) is 0 Å². The van der Waals surface area contributed by atoms with Gasteiger partial charge in [0.05, 0.1) is 0 Å². The van der Waals surface area contributed by atoms with Gasteiger partial charge in [0.1, 0.15) is 0 Å². The molecule has 0 aromatic carbocycles. The van der Waals surface area contributed by atoms with Crippen molar-refractivity contribution < 1.29 is 0 Å². The molecular formula is C7H13N3Sn. The molecule has 0 saturated carbocycles. The molecule has 0 aliphatic heterocycles. The van der Waals surface area contributed by atoms with E-state index in [9.17, 15) is 0 Å². The topological polar surface area (TPSA) is 51.8 Å². The number of hydrogen-bond acceptors (Lipinski definition) is 3. The monoisotopic (exact) mass is 259 g/mol. The third-order valence-corrected chi connectivity index (χ3v) is 6.62. The zero-order valence-corrected chi connectivity index (χ0v) is 9.98. The molecule has 11 heavy (non-hydrogen) atoms. The number of nitrogen functional groups attached to an aromatic ring is 1. The van der Waals surface area contributed by atoms with Crippen LogP contribution in [0.3, 0.4) is 0 Å². The van der Waals surface area contributed by atoms with Crippen LogP contribution < -0.4 is 9.44 Å². The molecule has 0 atom stereocenters. The minimum absolute atomic E-state index is 0.397. The molecule has 0 aliphatic rings. The van der Waals surface area contributed by atoms with Crippen LogP contribution in [-0.4, -0.2) is 28.3 Å². The standard InChI is InChI=1S/C4H4N3.3CH3.Sn/c5-4-6-2-1-3-7-4;;;;/h1-2H,(H2,5,6,7);3*1H3;. The van der Waals surface area contributed by atoms with Crippen LogP contribution >= 0.6 is 0 Å². The van der Waals surface area contributed by atoms with Gasteiger partial charge >= 0.3 is 70.8 Å². The van der Waals surface area contributed by atoms with Crippen molar-refractivity contribution in [1.82, 2.24) is 9.97 Å². The summed E-state index contributed by atoms with van der Waals surface area (Å²) in [6, 6.07) is 1.98. The van der Waals surface area contributed by atoms with Crippen molar-refractivity contribution in [3.05, 3.63) is 12.3 Å². The third-order valence-electron chi connectivity index (χ3n) is 1.44. The number of anilines is 1. The number of rotatable bonds is 1. The molecule has 0 radical (unpaired) electrons. The van der Waals surface area contributed by atoms with Crippen molar-refractivity contribution in [2.24, 2.45) is 0 Å². The van der Waals surface area contributed by atoms with Crippen LogP contribution in [0, 0.1) is 0 Å². The van der Waals surface area contributed by atoms with Crippen molar-refractivity contribution in [1.29, 1.82) is 0 Å². The average Bonchev–Trinajstić information content (AvgIpc) is 1.86. The van der Waals surface area contributed by atoms with Gasteiger partial charge in [-0.2, -0.15) is 0 Å². The Morgan fingerprint density at radius 3 is 2.36 bits per heavy atom. The molecule has 1 aromatic rings.